The zero-order valence-corrected chi connectivity index (χ0v) is 15.7. The van der Waals surface area contributed by atoms with E-state index >= 15 is 0 Å². The van der Waals surface area contributed by atoms with Crippen LogP contribution in [-0.4, -0.2) is 24.8 Å². The first-order valence-electron chi connectivity index (χ1n) is 8.81. The van der Waals surface area contributed by atoms with E-state index < -0.39 is 6.04 Å². The average Bonchev–Trinajstić information content (AvgIpc) is 2.71. The van der Waals surface area contributed by atoms with Crippen LogP contribution in [0.2, 0.25) is 0 Å². The molecule has 138 valence electrons. The van der Waals surface area contributed by atoms with Crippen LogP contribution in [-0.2, 0) is 4.79 Å². The third kappa shape index (κ3) is 4.44. The maximum absolute atomic E-state index is 12.4. The topological polar surface area (TPSA) is 62.7 Å². The summed E-state index contributed by atoms with van der Waals surface area (Å²) in [6.45, 7) is 3.66. The number of benzene rings is 3. The largest absolute Gasteiger partial charge is 0.495 e. The maximum Gasteiger partial charge on any atom is 0.262 e. The molecule has 3 aromatic rings. The number of nitrogens with zero attached hydrogens (tertiary/aromatic N) is 1. The minimum atomic E-state index is -0.463. The lowest BCUT2D eigenvalue weighted by Crippen LogP contribution is -2.35. The number of para-hydroxylation sites is 2. The molecular formula is C22H23N3O2. The van der Waals surface area contributed by atoms with Gasteiger partial charge in [-0.2, -0.15) is 5.10 Å². The molecule has 0 aliphatic rings. The van der Waals surface area contributed by atoms with Crippen molar-refractivity contribution in [3.63, 3.8) is 0 Å². The van der Waals surface area contributed by atoms with Crippen molar-refractivity contribution in [2.24, 2.45) is 5.10 Å². The second kappa shape index (κ2) is 8.36. The Morgan fingerprint density at radius 3 is 2.48 bits per heavy atom. The lowest BCUT2D eigenvalue weighted by Gasteiger charge is -2.16. The molecule has 1 unspecified atom stereocenters. The van der Waals surface area contributed by atoms with Crippen molar-refractivity contribution in [1.82, 2.24) is 5.43 Å². The minimum Gasteiger partial charge on any atom is -0.495 e. The average molecular weight is 361 g/mol. The van der Waals surface area contributed by atoms with E-state index in [1.54, 1.807) is 14.0 Å². The number of nitrogens with one attached hydrogen (secondary N) is 2. The van der Waals surface area contributed by atoms with Crippen LogP contribution in [0, 0.1) is 0 Å². The van der Waals surface area contributed by atoms with Crippen LogP contribution in [0.3, 0.4) is 0 Å². The molecule has 0 aromatic heterocycles. The highest BCUT2D eigenvalue weighted by Gasteiger charge is 2.14. The SMILES string of the molecule is COc1ccccc1NC(C)C(=O)NN=C(C)c1ccc2ccccc2c1. The number of carbonyl (C=O) groups excluding carboxylic acids is 1. The van der Waals surface area contributed by atoms with Crippen molar-refractivity contribution in [3.8, 4) is 5.75 Å². The number of fused-ring (bicyclic) bond motifs is 1. The summed E-state index contributed by atoms with van der Waals surface area (Å²) in [5.41, 5.74) is 5.11. The first-order valence-corrected chi connectivity index (χ1v) is 8.81. The Balaban J connectivity index is 1.67. The summed E-state index contributed by atoms with van der Waals surface area (Å²) in [6, 6.07) is 21.3. The van der Waals surface area contributed by atoms with Gasteiger partial charge in [0.25, 0.3) is 5.91 Å². The predicted octanol–water partition coefficient (Wildman–Crippen LogP) is 4.19. The van der Waals surface area contributed by atoms with Gasteiger partial charge in [-0.05, 0) is 48.4 Å². The fourth-order valence-electron chi connectivity index (χ4n) is 2.78. The first kappa shape index (κ1) is 18.5. The Morgan fingerprint density at radius 1 is 1.00 bits per heavy atom. The number of hydrogen-bond acceptors (Lipinski definition) is 4. The molecule has 0 spiro atoms. The van der Waals surface area contributed by atoms with Crippen molar-refractivity contribution < 1.29 is 9.53 Å². The summed E-state index contributed by atoms with van der Waals surface area (Å²) in [5.74, 6) is 0.467. The number of carbonyl (C=O) groups is 1. The molecule has 0 saturated heterocycles. The number of anilines is 1. The standard InChI is InChI=1S/C22H23N3O2/c1-15(18-13-12-17-8-4-5-9-19(17)14-18)24-25-22(26)16(2)23-20-10-6-7-11-21(20)27-3/h4-14,16,23H,1-3H3,(H,25,26). The zero-order valence-electron chi connectivity index (χ0n) is 15.7. The quantitative estimate of drug-likeness (QED) is 0.511. The van der Waals surface area contributed by atoms with Gasteiger partial charge < -0.3 is 10.1 Å². The van der Waals surface area contributed by atoms with Crippen LogP contribution in [0.1, 0.15) is 19.4 Å². The molecule has 0 bridgehead atoms. The van der Waals surface area contributed by atoms with Gasteiger partial charge in [0.15, 0.2) is 0 Å². The third-order valence-electron chi connectivity index (χ3n) is 4.37. The second-order valence-corrected chi connectivity index (χ2v) is 6.30. The van der Waals surface area contributed by atoms with E-state index in [0.29, 0.717) is 5.75 Å². The van der Waals surface area contributed by atoms with E-state index in [4.69, 9.17) is 4.74 Å². The van der Waals surface area contributed by atoms with Crippen LogP contribution in [0.5, 0.6) is 5.75 Å². The summed E-state index contributed by atoms with van der Waals surface area (Å²) in [6.07, 6.45) is 0. The van der Waals surface area contributed by atoms with E-state index in [0.717, 1.165) is 22.3 Å². The smallest absolute Gasteiger partial charge is 0.262 e. The number of methoxy groups -OCH3 is 1. The highest BCUT2D eigenvalue weighted by Crippen LogP contribution is 2.23. The zero-order chi connectivity index (χ0) is 19.2. The summed E-state index contributed by atoms with van der Waals surface area (Å²) in [4.78, 5) is 12.4. The lowest BCUT2D eigenvalue weighted by molar-refractivity contribution is -0.121. The second-order valence-electron chi connectivity index (χ2n) is 6.30. The highest BCUT2D eigenvalue weighted by atomic mass is 16.5. The van der Waals surface area contributed by atoms with Crippen molar-refractivity contribution >= 4 is 28.1 Å². The summed E-state index contributed by atoms with van der Waals surface area (Å²) in [5, 5.41) is 9.71. The molecule has 0 heterocycles. The molecule has 0 radical (unpaired) electrons. The van der Waals surface area contributed by atoms with Gasteiger partial charge in [0, 0.05) is 0 Å². The van der Waals surface area contributed by atoms with E-state index in [1.807, 2.05) is 49.4 Å². The minimum absolute atomic E-state index is 0.221. The predicted molar refractivity (Wildman–Crippen MR) is 110 cm³/mol. The van der Waals surface area contributed by atoms with E-state index in [1.165, 1.54) is 5.39 Å². The molecule has 0 aliphatic heterocycles. The van der Waals surface area contributed by atoms with Crippen molar-refractivity contribution in [3.05, 3.63) is 72.3 Å². The molecule has 3 aromatic carbocycles. The summed E-state index contributed by atoms with van der Waals surface area (Å²) in [7, 11) is 1.60. The van der Waals surface area contributed by atoms with Gasteiger partial charge >= 0.3 is 0 Å². The lowest BCUT2D eigenvalue weighted by atomic mass is 10.0. The molecule has 3 rings (SSSR count). The van der Waals surface area contributed by atoms with Crippen molar-refractivity contribution in [2.75, 3.05) is 12.4 Å². The number of rotatable bonds is 6. The summed E-state index contributed by atoms with van der Waals surface area (Å²) < 4.78 is 5.30. The van der Waals surface area contributed by atoms with Gasteiger partial charge in [-0.25, -0.2) is 5.43 Å². The molecule has 5 nitrogen and oxygen atoms in total. The number of amides is 1. The van der Waals surface area contributed by atoms with E-state index in [9.17, 15) is 4.79 Å². The van der Waals surface area contributed by atoms with Crippen LogP contribution < -0.4 is 15.5 Å². The molecule has 27 heavy (non-hydrogen) atoms. The van der Waals surface area contributed by atoms with Gasteiger partial charge in [0.1, 0.15) is 11.8 Å². The van der Waals surface area contributed by atoms with Crippen LogP contribution in [0.4, 0.5) is 5.69 Å². The van der Waals surface area contributed by atoms with Crippen molar-refractivity contribution in [2.45, 2.75) is 19.9 Å². The van der Waals surface area contributed by atoms with E-state index in [2.05, 4.69) is 40.1 Å². The van der Waals surface area contributed by atoms with Crippen LogP contribution in [0.25, 0.3) is 10.8 Å². The van der Waals surface area contributed by atoms with Gasteiger partial charge in [0.05, 0.1) is 18.5 Å². The Kier molecular flexibility index (Phi) is 5.71. The normalized spacial score (nSPS) is 12.5. The van der Waals surface area contributed by atoms with Gasteiger partial charge in [0.2, 0.25) is 0 Å². The number of hydrazone groups is 1. The maximum atomic E-state index is 12.4. The molecule has 5 heteroatoms. The molecule has 1 atom stereocenters. The first-order chi connectivity index (χ1) is 13.1. The molecule has 0 aliphatic carbocycles. The molecule has 0 saturated carbocycles. The monoisotopic (exact) mass is 361 g/mol. The highest BCUT2D eigenvalue weighted by molar-refractivity contribution is 6.02. The number of hydrogen-bond donors (Lipinski definition) is 2. The Labute approximate surface area is 159 Å². The van der Waals surface area contributed by atoms with Crippen LogP contribution >= 0.6 is 0 Å². The van der Waals surface area contributed by atoms with Crippen LogP contribution in [0.15, 0.2) is 71.8 Å². The summed E-state index contributed by atoms with van der Waals surface area (Å²) >= 11 is 0. The van der Waals surface area contributed by atoms with Gasteiger partial charge in [-0.1, -0.05) is 48.5 Å². The van der Waals surface area contributed by atoms with E-state index in [-0.39, 0.29) is 5.91 Å². The molecule has 2 N–H and O–H groups in total. The fraction of sp³-hybridized carbons (Fsp3) is 0.182. The Hall–Kier alpha value is -3.34. The van der Waals surface area contributed by atoms with Crippen molar-refractivity contribution in [1.29, 1.82) is 0 Å². The fourth-order valence-corrected chi connectivity index (χ4v) is 2.78. The third-order valence-corrected chi connectivity index (χ3v) is 4.37. The Bertz CT molecular complexity index is 982. The molecule has 1 amide bonds. The molecule has 0 fully saturated rings. The van der Waals surface area contributed by atoms with Gasteiger partial charge in [-0.15, -0.1) is 0 Å². The Morgan fingerprint density at radius 2 is 1.70 bits per heavy atom. The van der Waals surface area contributed by atoms with Gasteiger partial charge in [-0.3, -0.25) is 4.79 Å². The number of ether oxygens (including phenoxy) is 1. The molecular weight excluding hydrogens is 338 g/mol.